The average Bonchev–Trinajstić information content (AvgIpc) is 3.38. The van der Waals surface area contributed by atoms with Gasteiger partial charge in [-0.25, -0.2) is 0 Å². The molecule has 1 saturated heterocycles. The van der Waals surface area contributed by atoms with Gasteiger partial charge in [0, 0.05) is 45.1 Å². The Hall–Kier alpha value is -2.72. The van der Waals surface area contributed by atoms with Gasteiger partial charge in [-0.05, 0) is 29.2 Å². The summed E-state index contributed by atoms with van der Waals surface area (Å²) in [5.41, 5.74) is 0.304. The number of likely N-dealkylation sites (tertiary alicyclic amines) is 1. The highest BCUT2D eigenvalue weighted by Gasteiger charge is 2.39. The molecule has 10 heteroatoms. The second-order valence-corrected chi connectivity index (χ2v) is 10.9. The van der Waals surface area contributed by atoms with Crippen LogP contribution in [0.4, 0.5) is 0 Å². The number of ether oxygens (including phenoxy) is 1. The van der Waals surface area contributed by atoms with E-state index >= 15 is 0 Å². The fraction of sp³-hybridized carbons (Fsp3) is 0.552. The molecule has 216 valence electrons. The Morgan fingerprint density at radius 1 is 1.10 bits per heavy atom. The van der Waals surface area contributed by atoms with Crippen molar-refractivity contribution in [2.24, 2.45) is 5.41 Å². The van der Waals surface area contributed by atoms with Crippen LogP contribution < -0.4 is 16.0 Å². The van der Waals surface area contributed by atoms with Gasteiger partial charge in [0.15, 0.2) is 0 Å². The number of rotatable bonds is 12. The smallest absolute Gasteiger partial charge is 0.243 e. The number of nitrogens with zero attached hydrogens (tertiary/aromatic N) is 1. The van der Waals surface area contributed by atoms with Gasteiger partial charge >= 0.3 is 0 Å². The van der Waals surface area contributed by atoms with Crippen molar-refractivity contribution in [1.29, 1.82) is 0 Å². The highest BCUT2D eigenvalue weighted by molar-refractivity contribution is 5.93. The van der Waals surface area contributed by atoms with Crippen LogP contribution in [0.1, 0.15) is 39.2 Å². The third-order valence-corrected chi connectivity index (χ3v) is 6.72. The first-order valence-electron chi connectivity index (χ1n) is 13.3. The Morgan fingerprint density at radius 2 is 1.82 bits per heavy atom. The zero-order valence-corrected chi connectivity index (χ0v) is 24.2. The van der Waals surface area contributed by atoms with Crippen LogP contribution >= 0.6 is 12.4 Å². The van der Waals surface area contributed by atoms with Gasteiger partial charge < -0.3 is 30.7 Å². The van der Waals surface area contributed by atoms with E-state index in [-0.39, 0.29) is 43.1 Å². The van der Waals surface area contributed by atoms with Crippen molar-refractivity contribution in [3.8, 4) is 0 Å². The number of hydrogen-bond acceptors (Lipinski definition) is 6. The molecule has 2 aromatic rings. The summed E-state index contributed by atoms with van der Waals surface area (Å²) in [5.74, 6) is -0.785. The van der Waals surface area contributed by atoms with Gasteiger partial charge in [0.1, 0.15) is 12.1 Å². The number of fused-ring (bicyclic) bond motifs is 1. The molecule has 4 N–H and O–H groups in total. The summed E-state index contributed by atoms with van der Waals surface area (Å²) < 4.78 is 4.98. The second kappa shape index (κ2) is 15.2. The number of hydrogen-bond donors (Lipinski definition) is 4. The molecule has 3 atom stereocenters. The molecule has 1 heterocycles. The minimum atomic E-state index is -0.857. The lowest BCUT2D eigenvalue weighted by molar-refractivity contribution is -0.145. The molecule has 3 amide bonds. The summed E-state index contributed by atoms with van der Waals surface area (Å²) in [7, 11) is 1.60. The number of carbonyl (C=O) groups excluding carboxylic acids is 3. The molecule has 3 rings (SSSR count). The predicted octanol–water partition coefficient (Wildman–Crippen LogP) is 2.04. The van der Waals surface area contributed by atoms with Crippen LogP contribution in [-0.4, -0.2) is 85.8 Å². The van der Waals surface area contributed by atoms with Crippen LogP contribution in [0.15, 0.2) is 42.5 Å². The molecule has 0 aliphatic carbocycles. The molecule has 0 radical (unpaired) electrons. The summed E-state index contributed by atoms with van der Waals surface area (Å²) in [6.07, 6.45) is 0.792. The molecular weight excluding hydrogens is 520 g/mol. The van der Waals surface area contributed by atoms with Crippen molar-refractivity contribution >= 4 is 40.9 Å². The van der Waals surface area contributed by atoms with Gasteiger partial charge in [0.25, 0.3) is 0 Å². The Balaban J connectivity index is 0.00000533. The zero-order valence-electron chi connectivity index (χ0n) is 23.4. The van der Waals surface area contributed by atoms with Crippen LogP contribution in [0.3, 0.4) is 0 Å². The monoisotopic (exact) mass is 562 g/mol. The van der Waals surface area contributed by atoms with Crippen LogP contribution in [0.2, 0.25) is 0 Å². The first-order chi connectivity index (χ1) is 18.1. The molecule has 1 fully saturated rings. The number of amides is 3. The maximum absolute atomic E-state index is 13.4. The van der Waals surface area contributed by atoms with Gasteiger partial charge in [0.05, 0.1) is 12.7 Å². The predicted molar refractivity (Wildman–Crippen MR) is 155 cm³/mol. The summed E-state index contributed by atoms with van der Waals surface area (Å²) >= 11 is 0. The fourth-order valence-electron chi connectivity index (χ4n) is 4.65. The lowest BCUT2D eigenvalue weighted by Gasteiger charge is -2.31. The minimum Gasteiger partial charge on any atom is -0.390 e. The van der Waals surface area contributed by atoms with E-state index in [2.05, 4.69) is 16.0 Å². The van der Waals surface area contributed by atoms with Gasteiger partial charge in [-0.3, -0.25) is 14.4 Å². The maximum atomic E-state index is 13.4. The van der Waals surface area contributed by atoms with Crippen molar-refractivity contribution < 1.29 is 24.2 Å². The average molecular weight is 563 g/mol. The number of aliphatic hydroxyl groups excluding tert-OH is 1. The van der Waals surface area contributed by atoms with Crippen molar-refractivity contribution in [3.63, 3.8) is 0 Å². The number of nitrogens with one attached hydrogen (secondary N) is 3. The standard InChI is InChI=1S/C29H42N4O5.ClH/c1-29(2,3)28(37)33-14-7-10-25(33)27(36)32-24(26(35)31-19-23(34)18-30-13-15-38-4)17-20-11-12-21-8-5-6-9-22(21)16-20;/h5-6,8-9,11-12,16,23-25,30,34H,7,10,13-15,17-19H2,1-4H3,(H,31,35)(H,32,36);1H/t23?,24-,25+;/m1./s1. The van der Waals surface area contributed by atoms with Crippen molar-refractivity contribution in [2.45, 2.75) is 58.2 Å². The number of aliphatic hydroxyl groups is 1. The van der Waals surface area contributed by atoms with E-state index in [1.807, 2.05) is 63.2 Å². The number of halogens is 1. The number of benzene rings is 2. The van der Waals surface area contributed by atoms with E-state index in [1.54, 1.807) is 12.0 Å². The van der Waals surface area contributed by atoms with Crippen molar-refractivity contribution in [3.05, 3.63) is 48.0 Å². The summed E-state index contributed by atoms with van der Waals surface area (Å²) in [6.45, 7) is 7.51. The highest BCUT2D eigenvalue weighted by atomic mass is 35.5. The van der Waals surface area contributed by atoms with Crippen molar-refractivity contribution in [1.82, 2.24) is 20.9 Å². The lowest BCUT2D eigenvalue weighted by Crippen LogP contribution is -2.55. The highest BCUT2D eigenvalue weighted by Crippen LogP contribution is 2.26. The second-order valence-electron chi connectivity index (χ2n) is 10.9. The van der Waals surface area contributed by atoms with Crippen LogP contribution in [0.5, 0.6) is 0 Å². The van der Waals surface area contributed by atoms with Crippen LogP contribution in [0, 0.1) is 5.41 Å². The molecule has 0 spiro atoms. The number of carbonyl (C=O) groups is 3. The van der Waals surface area contributed by atoms with E-state index in [4.69, 9.17) is 4.74 Å². The lowest BCUT2D eigenvalue weighted by atomic mass is 9.94. The van der Waals surface area contributed by atoms with Gasteiger partial charge in [-0.15, -0.1) is 12.4 Å². The maximum Gasteiger partial charge on any atom is 0.243 e. The molecule has 1 unspecified atom stereocenters. The van der Waals surface area contributed by atoms with Crippen LogP contribution in [-0.2, 0) is 25.5 Å². The SMILES string of the molecule is COCCNCC(O)CNC(=O)[C@@H](Cc1ccc2ccccc2c1)NC(=O)[C@@H]1CCCN1C(=O)C(C)(C)C.Cl. The summed E-state index contributed by atoms with van der Waals surface area (Å²) in [5, 5.41) is 21.2. The summed E-state index contributed by atoms with van der Waals surface area (Å²) in [6, 6.07) is 12.5. The first kappa shape index (κ1) is 32.5. The molecule has 1 aliphatic rings. The van der Waals surface area contributed by atoms with E-state index in [0.717, 1.165) is 22.8 Å². The molecule has 1 aliphatic heterocycles. The van der Waals surface area contributed by atoms with E-state index < -0.39 is 23.6 Å². The quantitative estimate of drug-likeness (QED) is 0.294. The van der Waals surface area contributed by atoms with E-state index in [9.17, 15) is 19.5 Å². The Kier molecular flexibility index (Phi) is 12.6. The molecule has 39 heavy (non-hydrogen) atoms. The Morgan fingerprint density at radius 3 is 2.51 bits per heavy atom. The van der Waals surface area contributed by atoms with Gasteiger partial charge in [-0.1, -0.05) is 63.2 Å². The topological polar surface area (TPSA) is 120 Å². The zero-order chi connectivity index (χ0) is 27.7. The summed E-state index contributed by atoms with van der Waals surface area (Å²) in [4.78, 5) is 41.2. The Bertz CT molecular complexity index is 1110. The van der Waals surface area contributed by atoms with E-state index in [0.29, 0.717) is 32.7 Å². The molecular formula is C29H43ClN4O5. The molecule has 0 bridgehead atoms. The molecule has 2 aromatic carbocycles. The van der Waals surface area contributed by atoms with Crippen molar-refractivity contribution in [2.75, 3.05) is 39.9 Å². The third-order valence-electron chi connectivity index (χ3n) is 6.72. The van der Waals surface area contributed by atoms with Gasteiger partial charge in [-0.2, -0.15) is 0 Å². The Labute approximate surface area is 237 Å². The largest absolute Gasteiger partial charge is 0.390 e. The van der Waals surface area contributed by atoms with Gasteiger partial charge in [0.2, 0.25) is 17.7 Å². The van der Waals surface area contributed by atoms with E-state index in [1.165, 1.54) is 0 Å². The van der Waals surface area contributed by atoms with Crippen LogP contribution in [0.25, 0.3) is 10.8 Å². The third kappa shape index (κ3) is 9.46. The molecule has 9 nitrogen and oxygen atoms in total. The molecule has 0 saturated carbocycles. The fourth-order valence-corrected chi connectivity index (χ4v) is 4.65. The normalized spacial score (nSPS) is 16.8. The number of methoxy groups -OCH3 is 1. The molecule has 0 aromatic heterocycles. The minimum absolute atomic E-state index is 0. The first-order valence-corrected chi connectivity index (χ1v) is 13.3.